The predicted molar refractivity (Wildman–Crippen MR) is 87.4 cm³/mol. The van der Waals surface area contributed by atoms with Crippen LogP contribution in [-0.2, 0) is 6.54 Å². The van der Waals surface area contributed by atoms with E-state index in [1.807, 2.05) is 0 Å². The van der Waals surface area contributed by atoms with Crippen molar-refractivity contribution in [3.05, 3.63) is 36.0 Å². The number of hydrogen-bond acceptors (Lipinski definition) is 2. The Morgan fingerprint density at radius 3 is 2.57 bits per heavy atom. The molecule has 2 aliphatic heterocycles. The van der Waals surface area contributed by atoms with Gasteiger partial charge in [-0.15, -0.1) is 0 Å². The first-order valence-corrected chi connectivity index (χ1v) is 8.41. The van der Waals surface area contributed by atoms with Crippen LogP contribution in [-0.4, -0.2) is 47.0 Å². The molecule has 0 aliphatic carbocycles. The fraction of sp³-hybridized carbons (Fsp3) is 0.556. The zero-order chi connectivity index (χ0) is 14.1. The predicted octanol–water partition coefficient (Wildman–Crippen LogP) is 3.23. The van der Waals surface area contributed by atoms with Crippen molar-refractivity contribution >= 4 is 10.9 Å². The zero-order valence-electron chi connectivity index (χ0n) is 12.7. The smallest absolute Gasteiger partial charge is 0.0457 e. The second-order valence-electron chi connectivity index (χ2n) is 6.61. The molecule has 2 aliphatic rings. The van der Waals surface area contributed by atoms with E-state index in [0.29, 0.717) is 0 Å². The van der Waals surface area contributed by atoms with Crippen LogP contribution in [0, 0.1) is 0 Å². The molecule has 2 fully saturated rings. The summed E-state index contributed by atoms with van der Waals surface area (Å²) in [6.07, 6.45) is 7.72. The van der Waals surface area contributed by atoms with Crippen LogP contribution in [0.25, 0.3) is 10.9 Å². The molecule has 0 atom stereocenters. The highest BCUT2D eigenvalue weighted by Gasteiger charge is 2.26. The third-order valence-electron chi connectivity index (χ3n) is 5.28. The van der Waals surface area contributed by atoms with Gasteiger partial charge in [0.15, 0.2) is 0 Å². The number of para-hydroxylation sites is 1. The molecule has 2 aromatic rings. The van der Waals surface area contributed by atoms with Crippen LogP contribution in [0.15, 0.2) is 30.5 Å². The molecular weight excluding hydrogens is 258 g/mol. The average molecular weight is 283 g/mol. The molecule has 3 heterocycles. The zero-order valence-corrected chi connectivity index (χ0v) is 12.7. The van der Waals surface area contributed by atoms with Crippen molar-refractivity contribution in [2.75, 3.05) is 26.2 Å². The van der Waals surface area contributed by atoms with Crippen LogP contribution in [0.5, 0.6) is 0 Å². The third kappa shape index (κ3) is 2.72. The summed E-state index contributed by atoms with van der Waals surface area (Å²) in [6.45, 7) is 6.28. The van der Waals surface area contributed by atoms with E-state index in [4.69, 9.17) is 0 Å². The Hall–Kier alpha value is -1.32. The van der Waals surface area contributed by atoms with Crippen molar-refractivity contribution in [3.8, 4) is 0 Å². The van der Waals surface area contributed by atoms with Crippen molar-refractivity contribution in [2.24, 2.45) is 0 Å². The van der Waals surface area contributed by atoms with Gasteiger partial charge in [-0.2, -0.15) is 0 Å². The second kappa shape index (κ2) is 5.82. The maximum atomic E-state index is 3.40. The molecule has 1 N–H and O–H groups in total. The number of nitrogens with one attached hydrogen (secondary N) is 1. The first-order chi connectivity index (χ1) is 10.4. The number of fused-ring (bicyclic) bond motifs is 1. The van der Waals surface area contributed by atoms with Crippen molar-refractivity contribution in [2.45, 2.75) is 38.3 Å². The third-order valence-corrected chi connectivity index (χ3v) is 5.28. The molecule has 0 bridgehead atoms. The van der Waals surface area contributed by atoms with Crippen molar-refractivity contribution in [3.63, 3.8) is 0 Å². The maximum absolute atomic E-state index is 3.40. The molecule has 0 spiro atoms. The van der Waals surface area contributed by atoms with Gasteiger partial charge in [0, 0.05) is 29.7 Å². The quantitative estimate of drug-likeness (QED) is 0.934. The van der Waals surface area contributed by atoms with E-state index < -0.39 is 0 Å². The van der Waals surface area contributed by atoms with Crippen molar-refractivity contribution < 1.29 is 0 Å². The normalized spacial score (nSPS) is 22.3. The Labute approximate surface area is 126 Å². The molecule has 0 radical (unpaired) electrons. The number of likely N-dealkylation sites (tertiary alicyclic amines) is 2. The molecule has 2 saturated heterocycles. The lowest BCUT2D eigenvalue weighted by Gasteiger charge is -2.36. The highest BCUT2D eigenvalue weighted by atomic mass is 15.2. The number of nitrogens with zero attached hydrogens (tertiary/aromatic N) is 2. The van der Waals surface area contributed by atoms with E-state index in [-0.39, 0.29) is 0 Å². The van der Waals surface area contributed by atoms with Crippen LogP contribution < -0.4 is 0 Å². The van der Waals surface area contributed by atoms with Gasteiger partial charge in [-0.3, -0.25) is 4.90 Å². The fourth-order valence-electron chi connectivity index (χ4n) is 4.05. The van der Waals surface area contributed by atoms with E-state index in [0.717, 1.165) is 12.6 Å². The molecule has 0 saturated carbocycles. The topological polar surface area (TPSA) is 22.3 Å². The van der Waals surface area contributed by atoms with Crippen molar-refractivity contribution in [1.82, 2.24) is 14.8 Å². The van der Waals surface area contributed by atoms with Gasteiger partial charge >= 0.3 is 0 Å². The molecule has 1 aromatic carbocycles. The summed E-state index contributed by atoms with van der Waals surface area (Å²) in [5.41, 5.74) is 2.71. The van der Waals surface area contributed by atoms with Crippen LogP contribution >= 0.6 is 0 Å². The average Bonchev–Trinajstić information content (AvgIpc) is 3.19. The number of aromatic amines is 1. The van der Waals surface area contributed by atoms with Gasteiger partial charge in [0.25, 0.3) is 0 Å². The van der Waals surface area contributed by atoms with Crippen LogP contribution in [0.2, 0.25) is 0 Å². The van der Waals surface area contributed by atoms with Gasteiger partial charge in [0.2, 0.25) is 0 Å². The van der Waals surface area contributed by atoms with E-state index >= 15 is 0 Å². The lowest BCUT2D eigenvalue weighted by Crippen LogP contribution is -2.43. The van der Waals surface area contributed by atoms with Crippen LogP contribution in [0.3, 0.4) is 0 Å². The van der Waals surface area contributed by atoms with Gasteiger partial charge in [0.1, 0.15) is 0 Å². The Morgan fingerprint density at radius 1 is 1.00 bits per heavy atom. The Balaban J connectivity index is 1.38. The van der Waals surface area contributed by atoms with E-state index in [1.165, 1.54) is 68.3 Å². The Morgan fingerprint density at radius 2 is 1.76 bits per heavy atom. The first kappa shape index (κ1) is 13.4. The summed E-state index contributed by atoms with van der Waals surface area (Å²) in [6, 6.07) is 9.49. The summed E-state index contributed by atoms with van der Waals surface area (Å²) >= 11 is 0. The van der Waals surface area contributed by atoms with E-state index in [2.05, 4.69) is 45.2 Å². The highest BCUT2D eigenvalue weighted by Crippen LogP contribution is 2.24. The second-order valence-corrected chi connectivity index (χ2v) is 6.61. The number of benzene rings is 1. The lowest BCUT2D eigenvalue weighted by molar-refractivity contribution is 0.123. The molecule has 3 heteroatoms. The van der Waals surface area contributed by atoms with Crippen molar-refractivity contribution in [1.29, 1.82) is 0 Å². The summed E-state index contributed by atoms with van der Waals surface area (Å²) in [5.74, 6) is 0. The fourth-order valence-corrected chi connectivity index (χ4v) is 4.05. The lowest BCUT2D eigenvalue weighted by atomic mass is 10.0. The van der Waals surface area contributed by atoms with Gasteiger partial charge in [-0.25, -0.2) is 0 Å². The number of H-pyrrole nitrogens is 1. The van der Waals surface area contributed by atoms with E-state index in [1.54, 1.807) is 0 Å². The van der Waals surface area contributed by atoms with Gasteiger partial charge < -0.3 is 9.88 Å². The number of hydrogen-bond donors (Lipinski definition) is 1. The summed E-state index contributed by atoms with van der Waals surface area (Å²) in [5, 5.41) is 1.39. The minimum Gasteiger partial charge on any atom is -0.361 e. The maximum Gasteiger partial charge on any atom is 0.0457 e. The SMILES string of the molecule is c1ccc2c(CN3CCC(N4CCCC4)CC3)c[nH]c2c1. The van der Waals surface area contributed by atoms with E-state index in [9.17, 15) is 0 Å². The molecule has 1 aromatic heterocycles. The van der Waals surface area contributed by atoms with Gasteiger partial charge in [-0.05, 0) is 63.5 Å². The number of rotatable bonds is 3. The largest absolute Gasteiger partial charge is 0.361 e. The monoisotopic (exact) mass is 283 g/mol. The minimum absolute atomic E-state index is 0.853. The summed E-state index contributed by atoms with van der Waals surface area (Å²) in [4.78, 5) is 8.75. The standard InChI is InChI=1S/C18H25N3/c1-2-6-18-17(5-1)15(13-19-18)14-20-11-7-16(8-12-20)21-9-3-4-10-21/h1-2,5-6,13,16,19H,3-4,7-12,14H2. The molecule has 0 amide bonds. The summed E-state index contributed by atoms with van der Waals surface area (Å²) in [7, 11) is 0. The molecule has 21 heavy (non-hydrogen) atoms. The minimum atomic E-state index is 0.853. The van der Waals surface area contributed by atoms with Gasteiger partial charge in [-0.1, -0.05) is 18.2 Å². The molecular formula is C18H25N3. The number of piperidine rings is 1. The molecule has 0 unspecified atom stereocenters. The molecule has 3 nitrogen and oxygen atoms in total. The van der Waals surface area contributed by atoms with Crippen LogP contribution in [0.4, 0.5) is 0 Å². The van der Waals surface area contributed by atoms with Crippen LogP contribution in [0.1, 0.15) is 31.2 Å². The molecule has 4 rings (SSSR count). The number of aromatic nitrogens is 1. The first-order valence-electron chi connectivity index (χ1n) is 8.41. The highest BCUT2D eigenvalue weighted by molar-refractivity contribution is 5.82. The summed E-state index contributed by atoms with van der Waals surface area (Å²) < 4.78 is 0. The Bertz CT molecular complexity index is 589. The van der Waals surface area contributed by atoms with Gasteiger partial charge in [0.05, 0.1) is 0 Å². The molecule has 112 valence electrons. The Kier molecular flexibility index (Phi) is 3.70.